The average Bonchev–Trinajstić information content (AvgIpc) is 3.46. The zero-order chi connectivity index (χ0) is 21.8. The lowest BCUT2D eigenvalue weighted by atomic mass is 10.2. The van der Waals surface area contributed by atoms with Gasteiger partial charge in [0.1, 0.15) is 16.8 Å². The first-order valence-corrected chi connectivity index (χ1v) is 11.8. The number of amidine groups is 2. The molecule has 4 rings (SSSR count). The summed E-state index contributed by atoms with van der Waals surface area (Å²) in [5, 5.41) is 13.1. The molecule has 1 aromatic heterocycles. The molecule has 1 aromatic carbocycles. The SMILES string of the molecule is O=C(CC1S/C(=N/N=C2\CSC(=O)N2)N(Cc2ccco2)C1=O)Nc1ccc(Br)cc1. The van der Waals surface area contributed by atoms with Crippen molar-refractivity contribution in [3.63, 3.8) is 0 Å². The van der Waals surface area contributed by atoms with Crippen LogP contribution in [0, 0.1) is 0 Å². The molecule has 12 heteroatoms. The van der Waals surface area contributed by atoms with Crippen LogP contribution in [-0.4, -0.2) is 44.0 Å². The Morgan fingerprint density at radius 3 is 2.74 bits per heavy atom. The van der Waals surface area contributed by atoms with Gasteiger partial charge in [-0.2, -0.15) is 0 Å². The maximum atomic E-state index is 13.0. The van der Waals surface area contributed by atoms with Gasteiger partial charge in [0.15, 0.2) is 5.17 Å². The molecular weight excluding hydrogens is 506 g/mol. The Kier molecular flexibility index (Phi) is 6.78. The van der Waals surface area contributed by atoms with Crippen molar-refractivity contribution in [2.45, 2.75) is 18.2 Å². The van der Waals surface area contributed by atoms with E-state index in [2.05, 4.69) is 36.8 Å². The van der Waals surface area contributed by atoms with Crippen molar-refractivity contribution in [3.8, 4) is 0 Å². The fraction of sp³-hybridized carbons (Fsp3) is 0.211. The fourth-order valence-corrected chi connectivity index (χ4v) is 4.75. The number of hydrogen-bond donors (Lipinski definition) is 2. The van der Waals surface area contributed by atoms with Gasteiger partial charge in [0.25, 0.3) is 5.24 Å². The van der Waals surface area contributed by atoms with Crippen molar-refractivity contribution in [2.24, 2.45) is 10.2 Å². The van der Waals surface area contributed by atoms with Crippen LogP contribution in [0.1, 0.15) is 12.2 Å². The summed E-state index contributed by atoms with van der Waals surface area (Å²) in [7, 11) is 0. The molecule has 9 nitrogen and oxygen atoms in total. The van der Waals surface area contributed by atoms with Gasteiger partial charge < -0.3 is 15.1 Å². The molecule has 3 amide bonds. The van der Waals surface area contributed by atoms with Crippen molar-refractivity contribution in [3.05, 3.63) is 52.9 Å². The summed E-state index contributed by atoms with van der Waals surface area (Å²) in [4.78, 5) is 38.2. The van der Waals surface area contributed by atoms with Gasteiger partial charge in [-0.3, -0.25) is 19.3 Å². The number of anilines is 1. The van der Waals surface area contributed by atoms with Crippen molar-refractivity contribution in [1.29, 1.82) is 0 Å². The van der Waals surface area contributed by atoms with Gasteiger partial charge in [-0.15, -0.1) is 10.2 Å². The number of amides is 3. The highest BCUT2D eigenvalue weighted by Gasteiger charge is 2.40. The molecule has 0 bridgehead atoms. The second kappa shape index (κ2) is 9.71. The van der Waals surface area contributed by atoms with E-state index in [1.165, 1.54) is 11.2 Å². The second-order valence-corrected chi connectivity index (χ2v) is 9.53. The van der Waals surface area contributed by atoms with E-state index >= 15 is 0 Å². The zero-order valence-corrected chi connectivity index (χ0v) is 19.1. The molecular formula is C19H16BrN5O4S2. The summed E-state index contributed by atoms with van der Waals surface area (Å²) in [5.74, 6) is 0.865. The number of furan rings is 1. The summed E-state index contributed by atoms with van der Waals surface area (Å²) >= 11 is 5.61. The number of rotatable bonds is 6. The quantitative estimate of drug-likeness (QED) is 0.560. The number of nitrogens with one attached hydrogen (secondary N) is 2. The predicted octanol–water partition coefficient (Wildman–Crippen LogP) is 3.64. The van der Waals surface area contributed by atoms with Gasteiger partial charge in [-0.05, 0) is 36.4 Å². The number of hydrogen-bond acceptors (Lipinski definition) is 8. The Morgan fingerprint density at radius 1 is 1.26 bits per heavy atom. The largest absolute Gasteiger partial charge is 0.467 e. The smallest absolute Gasteiger partial charge is 0.284 e. The first-order valence-electron chi connectivity index (χ1n) is 9.12. The lowest BCUT2D eigenvalue weighted by molar-refractivity contribution is -0.128. The highest BCUT2D eigenvalue weighted by atomic mass is 79.9. The number of halogens is 1. The molecule has 2 aromatic rings. The minimum atomic E-state index is -0.642. The van der Waals surface area contributed by atoms with Crippen LogP contribution >= 0.6 is 39.5 Å². The van der Waals surface area contributed by atoms with Crippen molar-refractivity contribution in [1.82, 2.24) is 10.2 Å². The average molecular weight is 522 g/mol. The standard InChI is InChI=1S/C19H16BrN5O4S2/c20-11-3-5-12(6-4-11)21-16(26)8-14-17(27)25(9-13-2-1-7-29-13)18(31-14)24-23-15-10-30-19(28)22-15/h1-7,14H,8-10H2,(H,21,26)(H,22,23,28)/b24-18+. The van der Waals surface area contributed by atoms with E-state index in [0.717, 1.165) is 28.0 Å². The molecule has 2 fully saturated rings. The van der Waals surface area contributed by atoms with Crippen LogP contribution in [0.15, 0.2) is 61.8 Å². The third-order valence-electron chi connectivity index (χ3n) is 4.26. The van der Waals surface area contributed by atoms with Crippen LogP contribution < -0.4 is 10.6 Å². The molecule has 2 N–H and O–H groups in total. The van der Waals surface area contributed by atoms with Crippen LogP contribution in [-0.2, 0) is 16.1 Å². The van der Waals surface area contributed by atoms with Crippen LogP contribution in [0.25, 0.3) is 0 Å². The van der Waals surface area contributed by atoms with E-state index in [4.69, 9.17) is 4.42 Å². The topological polar surface area (TPSA) is 116 Å². The van der Waals surface area contributed by atoms with Crippen LogP contribution in [0.4, 0.5) is 10.5 Å². The van der Waals surface area contributed by atoms with E-state index in [9.17, 15) is 14.4 Å². The summed E-state index contributed by atoms with van der Waals surface area (Å²) < 4.78 is 6.25. The summed E-state index contributed by atoms with van der Waals surface area (Å²) in [6.45, 7) is 0.175. The number of nitrogens with zero attached hydrogens (tertiary/aromatic N) is 3. The Balaban J connectivity index is 1.48. The van der Waals surface area contributed by atoms with Crippen LogP contribution in [0.5, 0.6) is 0 Å². The molecule has 1 unspecified atom stereocenters. The van der Waals surface area contributed by atoms with E-state index in [-0.39, 0.29) is 30.0 Å². The number of thioether (sulfide) groups is 2. The van der Waals surface area contributed by atoms with Crippen molar-refractivity contribution >= 4 is 73.2 Å². The first kappa shape index (κ1) is 21.7. The van der Waals surface area contributed by atoms with Gasteiger partial charge >= 0.3 is 0 Å². The van der Waals surface area contributed by atoms with E-state index in [1.54, 1.807) is 24.3 Å². The van der Waals surface area contributed by atoms with Crippen LogP contribution in [0.2, 0.25) is 0 Å². The lowest BCUT2D eigenvalue weighted by Crippen LogP contribution is -2.33. The molecule has 0 aliphatic carbocycles. The van der Waals surface area contributed by atoms with Gasteiger partial charge in [0.05, 0.1) is 18.6 Å². The number of carbonyl (C=O) groups excluding carboxylic acids is 3. The molecule has 31 heavy (non-hydrogen) atoms. The molecule has 160 valence electrons. The Hall–Kier alpha value is -2.57. The Morgan fingerprint density at radius 2 is 2.06 bits per heavy atom. The summed E-state index contributed by atoms with van der Waals surface area (Å²) in [5.41, 5.74) is 0.644. The van der Waals surface area contributed by atoms with Crippen molar-refractivity contribution < 1.29 is 18.8 Å². The van der Waals surface area contributed by atoms with Crippen molar-refractivity contribution in [2.75, 3.05) is 11.1 Å². The monoisotopic (exact) mass is 521 g/mol. The molecule has 3 heterocycles. The van der Waals surface area contributed by atoms with Gasteiger partial charge in [-0.25, -0.2) is 0 Å². The number of benzene rings is 1. The maximum absolute atomic E-state index is 13.0. The molecule has 2 aliphatic rings. The highest BCUT2D eigenvalue weighted by molar-refractivity contribution is 9.10. The summed E-state index contributed by atoms with van der Waals surface area (Å²) in [6.07, 6.45) is 1.50. The zero-order valence-electron chi connectivity index (χ0n) is 15.9. The first-order chi connectivity index (χ1) is 15.0. The van der Waals surface area contributed by atoms with E-state index in [0.29, 0.717) is 28.2 Å². The predicted molar refractivity (Wildman–Crippen MR) is 124 cm³/mol. The third-order valence-corrected chi connectivity index (χ3v) is 6.73. The molecule has 0 radical (unpaired) electrons. The Bertz CT molecular complexity index is 1060. The van der Waals surface area contributed by atoms with E-state index < -0.39 is 5.25 Å². The maximum Gasteiger partial charge on any atom is 0.284 e. The molecule has 0 saturated carbocycles. The minimum Gasteiger partial charge on any atom is -0.467 e. The van der Waals surface area contributed by atoms with Gasteiger partial charge in [0.2, 0.25) is 11.8 Å². The molecule has 1 atom stereocenters. The third kappa shape index (κ3) is 5.57. The molecule has 2 aliphatic heterocycles. The lowest BCUT2D eigenvalue weighted by Gasteiger charge is -2.14. The number of carbonyl (C=O) groups is 3. The normalized spacial score (nSPS) is 21.2. The van der Waals surface area contributed by atoms with Gasteiger partial charge in [0, 0.05) is 16.6 Å². The fourth-order valence-electron chi connectivity index (χ4n) is 2.81. The summed E-state index contributed by atoms with van der Waals surface area (Å²) in [6, 6.07) is 10.7. The highest BCUT2D eigenvalue weighted by Crippen LogP contribution is 2.31. The minimum absolute atomic E-state index is 0.0175. The molecule has 0 spiro atoms. The molecule has 2 saturated heterocycles. The van der Waals surface area contributed by atoms with Gasteiger partial charge in [-0.1, -0.05) is 39.5 Å². The Labute approximate surface area is 194 Å². The van der Waals surface area contributed by atoms with E-state index in [1.807, 2.05) is 12.1 Å². The van der Waals surface area contributed by atoms with Crippen LogP contribution in [0.3, 0.4) is 0 Å². The second-order valence-electron chi connectivity index (χ2n) is 6.50.